The van der Waals surface area contributed by atoms with Gasteiger partial charge in [-0.3, -0.25) is 9.59 Å². The fourth-order valence-corrected chi connectivity index (χ4v) is 3.30. The van der Waals surface area contributed by atoms with Crippen molar-refractivity contribution >= 4 is 33.2 Å². The van der Waals surface area contributed by atoms with Crippen LogP contribution in [0.3, 0.4) is 0 Å². The zero-order valence-corrected chi connectivity index (χ0v) is 14.9. The number of halogens is 1. The molecule has 0 fully saturated rings. The summed E-state index contributed by atoms with van der Waals surface area (Å²) in [6.45, 7) is 2.74. The highest BCUT2D eigenvalue weighted by molar-refractivity contribution is 7.89. The van der Waals surface area contributed by atoms with Crippen molar-refractivity contribution in [3.63, 3.8) is 0 Å². The number of anilines is 2. The molecule has 0 bridgehead atoms. The van der Waals surface area contributed by atoms with Crippen molar-refractivity contribution in [1.29, 1.82) is 0 Å². The van der Waals surface area contributed by atoms with Gasteiger partial charge in [-0.15, -0.1) is 0 Å². The number of nitrogens with one attached hydrogen (secondary N) is 3. The van der Waals surface area contributed by atoms with E-state index in [2.05, 4.69) is 15.4 Å². The summed E-state index contributed by atoms with van der Waals surface area (Å²) in [6, 6.07) is 9.61. The summed E-state index contributed by atoms with van der Waals surface area (Å²) in [7, 11) is -3.97. The van der Waals surface area contributed by atoms with Gasteiger partial charge in [-0.2, -0.15) is 4.72 Å². The van der Waals surface area contributed by atoms with E-state index in [1.807, 2.05) is 0 Å². The zero-order valence-electron chi connectivity index (χ0n) is 14.1. The number of rotatable bonds is 6. The van der Waals surface area contributed by atoms with Crippen molar-refractivity contribution in [2.24, 2.45) is 0 Å². The SMILES string of the molecule is CC(=O)Nc1cccc(NC(=O)[C@H](C)NS(=O)(=O)c2ccc(F)cc2)c1. The molecule has 0 aliphatic rings. The van der Waals surface area contributed by atoms with E-state index >= 15 is 0 Å². The molecule has 1 atom stereocenters. The maximum Gasteiger partial charge on any atom is 0.242 e. The number of sulfonamides is 1. The third-order valence-electron chi connectivity index (χ3n) is 3.30. The molecule has 2 amide bonds. The Labute approximate surface area is 150 Å². The van der Waals surface area contributed by atoms with Gasteiger partial charge in [0.1, 0.15) is 5.82 Å². The number of hydrogen-bond donors (Lipinski definition) is 3. The lowest BCUT2D eigenvalue weighted by molar-refractivity contribution is -0.117. The number of amides is 2. The van der Waals surface area contributed by atoms with Crippen molar-refractivity contribution in [1.82, 2.24) is 4.72 Å². The fraction of sp³-hybridized carbons (Fsp3) is 0.176. The fourth-order valence-electron chi connectivity index (χ4n) is 2.10. The van der Waals surface area contributed by atoms with Gasteiger partial charge in [0.05, 0.1) is 10.9 Å². The van der Waals surface area contributed by atoms with Crippen molar-refractivity contribution < 1.29 is 22.4 Å². The molecule has 0 heterocycles. The Morgan fingerprint density at radius 1 is 1.00 bits per heavy atom. The van der Waals surface area contributed by atoms with E-state index in [0.717, 1.165) is 24.3 Å². The number of carbonyl (C=O) groups is 2. The molecule has 0 aromatic heterocycles. The molecule has 0 aliphatic carbocycles. The highest BCUT2D eigenvalue weighted by Crippen LogP contribution is 2.16. The zero-order chi connectivity index (χ0) is 19.3. The second-order valence-corrected chi connectivity index (χ2v) is 7.26. The molecule has 0 radical (unpaired) electrons. The molecule has 2 aromatic carbocycles. The molecule has 0 unspecified atom stereocenters. The molecular weight excluding hydrogens is 361 g/mol. The minimum Gasteiger partial charge on any atom is -0.326 e. The van der Waals surface area contributed by atoms with Crippen molar-refractivity contribution in [3.05, 3.63) is 54.3 Å². The Morgan fingerprint density at radius 3 is 2.15 bits per heavy atom. The maximum absolute atomic E-state index is 12.9. The molecule has 2 aromatic rings. The quantitative estimate of drug-likeness (QED) is 0.715. The molecule has 138 valence electrons. The Morgan fingerprint density at radius 2 is 1.58 bits per heavy atom. The standard InChI is InChI=1S/C17H18FN3O4S/c1-11(21-26(24,25)16-8-6-13(18)7-9-16)17(23)20-15-5-3-4-14(10-15)19-12(2)22/h3-11,21H,1-2H3,(H,19,22)(H,20,23)/t11-/m0/s1. The molecular formula is C17H18FN3O4S. The number of hydrogen-bond acceptors (Lipinski definition) is 4. The molecule has 0 saturated carbocycles. The van der Waals surface area contributed by atoms with Gasteiger partial charge in [0.2, 0.25) is 21.8 Å². The van der Waals surface area contributed by atoms with Crippen molar-refractivity contribution in [3.8, 4) is 0 Å². The molecule has 2 rings (SSSR count). The van der Waals surface area contributed by atoms with Gasteiger partial charge >= 0.3 is 0 Å². The first-order valence-corrected chi connectivity index (χ1v) is 9.12. The first-order chi connectivity index (χ1) is 12.2. The molecule has 9 heteroatoms. The van der Waals surface area contributed by atoms with Crippen LogP contribution in [0.25, 0.3) is 0 Å². The molecule has 0 aliphatic heterocycles. The van der Waals surface area contributed by atoms with E-state index < -0.39 is 27.8 Å². The lowest BCUT2D eigenvalue weighted by atomic mass is 10.2. The van der Waals surface area contributed by atoms with Gasteiger partial charge in [0.25, 0.3) is 0 Å². The maximum atomic E-state index is 12.9. The van der Waals surface area contributed by atoms with Crippen LogP contribution in [0, 0.1) is 5.82 Å². The van der Waals surface area contributed by atoms with Gasteiger partial charge < -0.3 is 10.6 Å². The van der Waals surface area contributed by atoms with E-state index in [1.165, 1.54) is 13.8 Å². The Bertz CT molecular complexity index is 914. The summed E-state index contributed by atoms with van der Waals surface area (Å²) in [6.07, 6.45) is 0. The van der Waals surface area contributed by atoms with Gasteiger partial charge in [-0.1, -0.05) is 6.07 Å². The van der Waals surface area contributed by atoms with E-state index in [0.29, 0.717) is 11.4 Å². The normalized spacial score (nSPS) is 12.3. The summed E-state index contributed by atoms with van der Waals surface area (Å²) in [5.74, 6) is -1.40. The summed E-state index contributed by atoms with van der Waals surface area (Å²) >= 11 is 0. The van der Waals surface area contributed by atoms with E-state index in [-0.39, 0.29) is 10.8 Å². The Balaban J connectivity index is 2.05. The minimum absolute atomic E-state index is 0.147. The van der Waals surface area contributed by atoms with Crippen LogP contribution in [-0.4, -0.2) is 26.3 Å². The minimum atomic E-state index is -3.97. The van der Waals surface area contributed by atoms with Crippen LogP contribution in [-0.2, 0) is 19.6 Å². The predicted octanol–water partition coefficient (Wildman–Crippen LogP) is 2.09. The van der Waals surface area contributed by atoms with Crippen LogP contribution < -0.4 is 15.4 Å². The second-order valence-electron chi connectivity index (χ2n) is 5.55. The first-order valence-electron chi connectivity index (χ1n) is 7.64. The van der Waals surface area contributed by atoms with E-state index in [4.69, 9.17) is 0 Å². The summed E-state index contributed by atoms with van der Waals surface area (Å²) in [5, 5.41) is 5.14. The first kappa shape index (κ1) is 19.5. The molecule has 3 N–H and O–H groups in total. The lowest BCUT2D eigenvalue weighted by Gasteiger charge is -2.15. The summed E-state index contributed by atoms with van der Waals surface area (Å²) in [5.41, 5.74) is 0.893. The van der Waals surface area contributed by atoms with Gasteiger partial charge in [0, 0.05) is 18.3 Å². The van der Waals surface area contributed by atoms with Crippen LogP contribution >= 0.6 is 0 Å². The number of benzene rings is 2. The van der Waals surface area contributed by atoms with Crippen LogP contribution in [0.5, 0.6) is 0 Å². The van der Waals surface area contributed by atoms with Crippen molar-refractivity contribution in [2.75, 3.05) is 10.6 Å². The molecule has 0 saturated heterocycles. The third-order valence-corrected chi connectivity index (χ3v) is 4.86. The monoisotopic (exact) mass is 379 g/mol. The van der Waals surface area contributed by atoms with Crippen LogP contribution in [0.2, 0.25) is 0 Å². The average molecular weight is 379 g/mol. The summed E-state index contributed by atoms with van der Waals surface area (Å²) in [4.78, 5) is 23.1. The van der Waals surface area contributed by atoms with E-state index in [9.17, 15) is 22.4 Å². The number of carbonyl (C=O) groups excluding carboxylic acids is 2. The highest BCUT2D eigenvalue weighted by Gasteiger charge is 2.22. The largest absolute Gasteiger partial charge is 0.326 e. The Kier molecular flexibility index (Phi) is 6.06. The third kappa shape index (κ3) is 5.36. The predicted molar refractivity (Wildman–Crippen MR) is 95.6 cm³/mol. The Hall–Kier alpha value is -2.78. The average Bonchev–Trinajstić information content (AvgIpc) is 2.54. The smallest absolute Gasteiger partial charge is 0.242 e. The highest BCUT2D eigenvalue weighted by atomic mass is 32.2. The van der Waals surface area contributed by atoms with E-state index in [1.54, 1.807) is 24.3 Å². The lowest BCUT2D eigenvalue weighted by Crippen LogP contribution is -2.41. The molecule has 0 spiro atoms. The molecule has 7 nitrogen and oxygen atoms in total. The van der Waals surface area contributed by atoms with Gasteiger partial charge in [-0.25, -0.2) is 12.8 Å². The van der Waals surface area contributed by atoms with Crippen LogP contribution in [0.1, 0.15) is 13.8 Å². The topological polar surface area (TPSA) is 104 Å². The van der Waals surface area contributed by atoms with Crippen LogP contribution in [0.4, 0.5) is 15.8 Å². The van der Waals surface area contributed by atoms with Crippen LogP contribution in [0.15, 0.2) is 53.4 Å². The second kappa shape index (κ2) is 8.07. The van der Waals surface area contributed by atoms with Gasteiger partial charge in [-0.05, 0) is 49.4 Å². The molecule has 26 heavy (non-hydrogen) atoms. The summed E-state index contributed by atoms with van der Waals surface area (Å²) < 4.78 is 39.6. The van der Waals surface area contributed by atoms with Gasteiger partial charge in [0.15, 0.2) is 0 Å². The van der Waals surface area contributed by atoms with Crippen molar-refractivity contribution in [2.45, 2.75) is 24.8 Å².